The maximum atomic E-state index is 2.44. The van der Waals surface area contributed by atoms with E-state index in [-0.39, 0.29) is 0 Å². The molecule has 3 aromatic carbocycles. The van der Waals surface area contributed by atoms with Gasteiger partial charge in [-0.05, 0) is 69.3 Å². The first kappa shape index (κ1) is 14.5. The summed E-state index contributed by atoms with van der Waals surface area (Å²) in [7, 11) is 0. The topological polar surface area (TPSA) is 0 Å². The Morgan fingerprint density at radius 2 is 1.74 bits per heavy atom. The van der Waals surface area contributed by atoms with Crippen molar-refractivity contribution in [1.82, 2.24) is 0 Å². The molecule has 1 aliphatic carbocycles. The molecular weight excluding hydrogens is 276 g/mol. The van der Waals surface area contributed by atoms with Gasteiger partial charge in [0.15, 0.2) is 0 Å². The van der Waals surface area contributed by atoms with Crippen LogP contribution < -0.4 is 0 Å². The van der Waals surface area contributed by atoms with E-state index in [4.69, 9.17) is 0 Å². The minimum absolute atomic E-state index is 0.324. The van der Waals surface area contributed by atoms with E-state index in [0.29, 0.717) is 5.41 Å². The third-order valence-corrected chi connectivity index (χ3v) is 4.93. The van der Waals surface area contributed by atoms with Crippen molar-refractivity contribution in [3.63, 3.8) is 0 Å². The fraction of sp³-hybridized carbons (Fsp3) is 0.304. The Balaban J connectivity index is 1.95. The molecule has 1 aliphatic rings. The maximum absolute atomic E-state index is 2.44. The molecule has 0 atom stereocenters. The summed E-state index contributed by atoms with van der Waals surface area (Å²) in [6, 6.07) is 18.3. The van der Waals surface area contributed by atoms with E-state index in [1.165, 1.54) is 44.2 Å². The van der Waals surface area contributed by atoms with Crippen LogP contribution >= 0.6 is 0 Å². The molecule has 0 fully saturated rings. The Hall–Kier alpha value is -2.08. The molecule has 0 saturated carbocycles. The van der Waals surface area contributed by atoms with Gasteiger partial charge in [0.05, 0.1) is 0 Å². The van der Waals surface area contributed by atoms with E-state index >= 15 is 0 Å². The summed E-state index contributed by atoms with van der Waals surface area (Å²) >= 11 is 0. The van der Waals surface area contributed by atoms with Gasteiger partial charge in [0.2, 0.25) is 0 Å². The van der Waals surface area contributed by atoms with Crippen LogP contribution in [0.4, 0.5) is 0 Å². The van der Waals surface area contributed by atoms with Crippen molar-refractivity contribution < 1.29 is 0 Å². The highest BCUT2D eigenvalue weighted by Gasteiger charge is 2.23. The van der Waals surface area contributed by atoms with E-state index in [1.807, 2.05) is 0 Å². The molecule has 0 spiro atoms. The van der Waals surface area contributed by atoms with Crippen LogP contribution in [0.1, 0.15) is 43.0 Å². The summed E-state index contributed by atoms with van der Waals surface area (Å²) in [5.41, 5.74) is 9.14. The van der Waals surface area contributed by atoms with Crippen molar-refractivity contribution in [1.29, 1.82) is 0 Å². The molecule has 0 aromatic heterocycles. The predicted octanol–water partition coefficient (Wildman–Crippen LogP) is 6.31. The smallest absolute Gasteiger partial charge is 0.00106 e. The van der Waals surface area contributed by atoms with Crippen LogP contribution in [0.5, 0.6) is 0 Å². The number of rotatable bonds is 1. The molecule has 0 amide bonds. The highest BCUT2D eigenvalue weighted by atomic mass is 14.3. The molecule has 0 nitrogen and oxygen atoms in total. The van der Waals surface area contributed by atoms with E-state index in [1.54, 1.807) is 0 Å². The molecule has 0 unspecified atom stereocenters. The maximum Gasteiger partial charge on any atom is -0.00106 e. The van der Waals surface area contributed by atoms with Crippen molar-refractivity contribution in [3.8, 4) is 11.1 Å². The quantitative estimate of drug-likeness (QED) is 0.386. The van der Waals surface area contributed by atoms with Crippen molar-refractivity contribution in [2.45, 2.75) is 40.5 Å². The summed E-state index contributed by atoms with van der Waals surface area (Å²) in [5.74, 6) is 0. The van der Waals surface area contributed by atoms with Crippen LogP contribution in [0.3, 0.4) is 0 Å². The first-order valence-electron chi connectivity index (χ1n) is 8.56. The van der Waals surface area contributed by atoms with Crippen molar-refractivity contribution in [3.05, 3.63) is 70.8 Å². The van der Waals surface area contributed by atoms with Crippen LogP contribution in [0.15, 0.2) is 48.5 Å². The third kappa shape index (κ3) is 2.47. The number of aryl methyl sites for hydroxylation is 1. The molecular formula is C23H24. The van der Waals surface area contributed by atoms with Gasteiger partial charge in [-0.3, -0.25) is 0 Å². The van der Waals surface area contributed by atoms with Gasteiger partial charge >= 0.3 is 0 Å². The van der Waals surface area contributed by atoms with E-state index < -0.39 is 0 Å². The van der Waals surface area contributed by atoms with E-state index in [2.05, 4.69) is 76.2 Å². The zero-order chi connectivity index (χ0) is 16.2. The van der Waals surface area contributed by atoms with Gasteiger partial charge < -0.3 is 0 Å². The van der Waals surface area contributed by atoms with Gasteiger partial charge in [-0.25, -0.2) is 0 Å². The average Bonchev–Trinajstić information content (AvgIpc) is 2.85. The molecule has 0 heterocycles. The third-order valence-electron chi connectivity index (χ3n) is 4.93. The summed E-state index contributed by atoms with van der Waals surface area (Å²) in [5, 5.41) is 2.76. The van der Waals surface area contributed by atoms with Gasteiger partial charge in [0.1, 0.15) is 0 Å². The summed E-state index contributed by atoms with van der Waals surface area (Å²) in [6.45, 7) is 9.20. The van der Waals surface area contributed by atoms with Gasteiger partial charge in [-0.15, -0.1) is 0 Å². The lowest BCUT2D eigenvalue weighted by Gasteiger charge is -2.19. The number of fused-ring (bicyclic) bond motifs is 5. The minimum Gasteiger partial charge on any atom is -0.0616 e. The summed E-state index contributed by atoms with van der Waals surface area (Å²) in [4.78, 5) is 0. The van der Waals surface area contributed by atoms with Crippen molar-refractivity contribution in [2.24, 2.45) is 5.41 Å². The van der Waals surface area contributed by atoms with Crippen LogP contribution in [0.2, 0.25) is 0 Å². The zero-order valence-electron chi connectivity index (χ0n) is 14.5. The van der Waals surface area contributed by atoms with E-state index in [9.17, 15) is 0 Å². The van der Waals surface area contributed by atoms with Crippen molar-refractivity contribution >= 4 is 10.8 Å². The van der Waals surface area contributed by atoms with Gasteiger partial charge in [0.25, 0.3) is 0 Å². The normalized spacial score (nSPS) is 13.2. The Morgan fingerprint density at radius 1 is 0.957 bits per heavy atom. The summed E-state index contributed by atoms with van der Waals surface area (Å²) in [6.07, 6.45) is 2.20. The highest BCUT2D eigenvalue weighted by Crippen LogP contribution is 2.43. The fourth-order valence-electron chi connectivity index (χ4n) is 3.99. The standard InChI is InChI=1S/C23H24/c1-15-11-17-7-5-6-8-19(17)22-20(15)13-18-10-9-16(12-21(18)22)14-23(2,3)4/h5-12H,13-14H2,1-4H3. The summed E-state index contributed by atoms with van der Waals surface area (Å²) < 4.78 is 0. The van der Waals surface area contributed by atoms with Gasteiger partial charge in [-0.2, -0.15) is 0 Å². The lowest BCUT2D eigenvalue weighted by atomic mass is 9.86. The predicted molar refractivity (Wildman–Crippen MR) is 100 cm³/mol. The number of hydrogen-bond acceptors (Lipinski definition) is 0. The van der Waals surface area contributed by atoms with Gasteiger partial charge in [-0.1, -0.05) is 69.3 Å². The van der Waals surface area contributed by atoms with Crippen LogP contribution in [0.25, 0.3) is 21.9 Å². The van der Waals surface area contributed by atoms with Crippen LogP contribution in [0, 0.1) is 12.3 Å². The Labute approximate surface area is 139 Å². The Bertz CT molecular complexity index is 907. The molecule has 0 saturated heterocycles. The second-order valence-electron chi connectivity index (χ2n) is 8.17. The lowest BCUT2D eigenvalue weighted by Crippen LogP contribution is -2.09. The first-order valence-corrected chi connectivity index (χ1v) is 8.56. The molecule has 0 bridgehead atoms. The molecule has 116 valence electrons. The van der Waals surface area contributed by atoms with Crippen LogP contribution in [-0.4, -0.2) is 0 Å². The zero-order valence-corrected chi connectivity index (χ0v) is 14.5. The Kier molecular flexibility index (Phi) is 3.13. The van der Waals surface area contributed by atoms with E-state index in [0.717, 1.165) is 12.8 Å². The van der Waals surface area contributed by atoms with Crippen LogP contribution in [-0.2, 0) is 12.8 Å². The highest BCUT2D eigenvalue weighted by molar-refractivity contribution is 6.02. The lowest BCUT2D eigenvalue weighted by molar-refractivity contribution is 0.411. The molecule has 3 aromatic rings. The molecule has 0 N–H and O–H groups in total. The molecule has 4 rings (SSSR count). The molecule has 0 heteroatoms. The SMILES string of the molecule is Cc1cc2ccccc2c2c1Cc1ccc(CC(C)(C)C)cc1-2. The molecule has 23 heavy (non-hydrogen) atoms. The number of hydrogen-bond donors (Lipinski definition) is 0. The minimum atomic E-state index is 0.324. The first-order chi connectivity index (χ1) is 10.9. The second kappa shape index (κ2) is 4.96. The largest absolute Gasteiger partial charge is 0.0616 e. The molecule has 0 radical (unpaired) electrons. The van der Waals surface area contributed by atoms with Crippen molar-refractivity contribution in [2.75, 3.05) is 0 Å². The Morgan fingerprint density at radius 3 is 2.52 bits per heavy atom. The second-order valence-corrected chi connectivity index (χ2v) is 8.17. The monoisotopic (exact) mass is 300 g/mol. The number of benzene rings is 3. The fourth-order valence-corrected chi connectivity index (χ4v) is 3.99. The average molecular weight is 300 g/mol. The van der Waals surface area contributed by atoms with Gasteiger partial charge in [0, 0.05) is 0 Å². The molecule has 0 aliphatic heterocycles.